The molecule has 16 heavy (non-hydrogen) atoms. The normalized spacial score (nSPS) is 21.9. The number of hydrogen-bond donors (Lipinski definition) is 2. The molecule has 0 heterocycles. The second-order valence-corrected chi connectivity index (χ2v) is 6.27. The topological polar surface area (TPSA) is 32.3 Å². The molecule has 0 bridgehead atoms. The second-order valence-electron chi connectivity index (χ2n) is 5.28. The van der Waals surface area contributed by atoms with E-state index >= 15 is 0 Å². The van der Waals surface area contributed by atoms with Gasteiger partial charge in [-0.1, -0.05) is 19.3 Å². The molecule has 1 saturated carbocycles. The number of hydrogen-bond acceptors (Lipinski definition) is 3. The Labute approximate surface area is 105 Å². The maximum absolute atomic E-state index is 9.59. The third-order valence-electron chi connectivity index (χ3n) is 3.83. The Bertz CT molecular complexity index is 181. The van der Waals surface area contributed by atoms with Crippen molar-refractivity contribution in [3.63, 3.8) is 0 Å². The zero-order valence-corrected chi connectivity index (χ0v) is 11.6. The highest BCUT2D eigenvalue weighted by Crippen LogP contribution is 2.35. The number of aliphatic hydroxyl groups excluding tert-OH is 1. The van der Waals surface area contributed by atoms with Crippen LogP contribution in [0.2, 0.25) is 0 Å². The summed E-state index contributed by atoms with van der Waals surface area (Å²) >= 11 is 1.91. The molecule has 1 aliphatic carbocycles. The molecule has 0 aromatic heterocycles. The summed E-state index contributed by atoms with van der Waals surface area (Å²) in [5, 5.41) is 13.2. The van der Waals surface area contributed by atoms with E-state index < -0.39 is 0 Å². The highest BCUT2D eigenvalue weighted by atomic mass is 32.2. The molecule has 1 unspecified atom stereocenters. The van der Waals surface area contributed by atoms with Crippen molar-refractivity contribution in [1.29, 1.82) is 0 Å². The van der Waals surface area contributed by atoms with Crippen molar-refractivity contribution in [3.05, 3.63) is 0 Å². The molecule has 1 atom stereocenters. The van der Waals surface area contributed by atoms with Gasteiger partial charge in [0.15, 0.2) is 0 Å². The monoisotopic (exact) mass is 245 g/mol. The van der Waals surface area contributed by atoms with E-state index in [1.54, 1.807) is 0 Å². The van der Waals surface area contributed by atoms with Crippen LogP contribution in [0, 0.1) is 5.41 Å². The van der Waals surface area contributed by atoms with Crippen molar-refractivity contribution in [2.45, 2.75) is 51.5 Å². The zero-order chi connectivity index (χ0) is 11.9. The average molecular weight is 245 g/mol. The fourth-order valence-electron chi connectivity index (χ4n) is 2.48. The zero-order valence-electron chi connectivity index (χ0n) is 10.8. The quantitative estimate of drug-likeness (QED) is 0.723. The summed E-state index contributed by atoms with van der Waals surface area (Å²) in [7, 11) is 0. The Morgan fingerprint density at radius 2 is 2.00 bits per heavy atom. The van der Waals surface area contributed by atoms with Crippen LogP contribution in [0.4, 0.5) is 0 Å². The maximum atomic E-state index is 9.59. The van der Waals surface area contributed by atoms with Gasteiger partial charge in [-0.25, -0.2) is 0 Å². The molecular weight excluding hydrogens is 218 g/mol. The smallest absolute Gasteiger partial charge is 0.0499 e. The van der Waals surface area contributed by atoms with Crippen molar-refractivity contribution in [1.82, 2.24) is 5.32 Å². The number of rotatable bonds is 7. The standard InChI is InChI=1S/C13H27NOS/c1-12(6-9-16-2)14-10-13(11-15)7-4-3-5-8-13/h12,14-15H,3-11H2,1-2H3. The molecule has 0 spiro atoms. The van der Waals surface area contributed by atoms with Gasteiger partial charge in [-0.3, -0.25) is 0 Å². The van der Waals surface area contributed by atoms with Gasteiger partial charge in [0.1, 0.15) is 0 Å². The van der Waals surface area contributed by atoms with Gasteiger partial charge in [-0.05, 0) is 38.2 Å². The van der Waals surface area contributed by atoms with Crippen molar-refractivity contribution in [2.24, 2.45) is 5.41 Å². The molecule has 3 heteroatoms. The maximum Gasteiger partial charge on any atom is 0.0499 e. The Morgan fingerprint density at radius 3 is 2.56 bits per heavy atom. The Balaban J connectivity index is 2.27. The van der Waals surface area contributed by atoms with E-state index in [9.17, 15) is 5.11 Å². The summed E-state index contributed by atoms with van der Waals surface area (Å²) in [5.41, 5.74) is 0.186. The first-order valence-corrected chi connectivity index (χ1v) is 7.95. The number of nitrogens with one attached hydrogen (secondary N) is 1. The lowest BCUT2D eigenvalue weighted by atomic mass is 9.74. The number of aliphatic hydroxyl groups is 1. The van der Waals surface area contributed by atoms with Crippen LogP contribution in [0.25, 0.3) is 0 Å². The van der Waals surface area contributed by atoms with Gasteiger partial charge in [0.05, 0.1) is 0 Å². The lowest BCUT2D eigenvalue weighted by molar-refractivity contribution is 0.0788. The van der Waals surface area contributed by atoms with Crippen LogP contribution in [-0.4, -0.2) is 36.3 Å². The predicted molar refractivity (Wildman–Crippen MR) is 73.1 cm³/mol. The highest BCUT2D eigenvalue weighted by Gasteiger charge is 2.31. The van der Waals surface area contributed by atoms with E-state index in [1.807, 2.05) is 11.8 Å². The van der Waals surface area contributed by atoms with Gasteiger partial charge >= 0.3 is 0 Å². The van der Waals surface area contributed by atoms with Gasteiger partial charge in [-0.15, -0.1) is 0 Å². The molecule has 0 aromatic carbocycles. The first kappa shape index (κ1) is 14.3. The third kappa shape index (κ3) is 4.64. The summed E-state index contributed by atoms with van der Waals surface area (Å²) < 4.78 is 0. The van der Waals surface area contributed by atoms with Crippen LogP contribution in [0.3, 0.4) is 0 Å². The molecule has 96 valence electrons. The third-order valence-corrected chi connectivity index (χ3v) is 4.47. The molecule has 0 aliphatic heterocycles. The molecule has 1 aliphatic rings. The lowest BCUT2D eigenvalue weighted by Crippen LogP contribution is -2.42. The van der Waals surface area contributed by atoms with E-state index in [1.165, 1.54) is 44.3 Å². The van der Waals surface area contributed by atoms with E-state index in [-0.39, 0.29) is 5.41 Å². The van der Waals surface area contributed by atoms with Crippen LogP contribution in [0.5, 0.6) is 0 Å². The van der Waals surface area contributed by atoms with Crippen LogP contribution in [0.1, 0.15) is 45.4 Å². The first-order chi connectivity index (χ1) is 7.72. The lowest BCUT2D eigenvalue weighted by Gasteiger charge is -2.36. The minimum atomic E-state index is 0.186. The molecule has 0 radical (unpaired) electrons. The molecule has 0 aromatic rings. The average Bonchev–Trinajstić information content (AvgIpc) is 2.35. The molecular formula is C13H27NOS. The molecule has 2 N–H and O–H groups in total. The van der Waals surface area contributed by atoms with Crippen molar-refractivity contribution in [3.8, 4) is 0 Å². The Hall–Kier alpha value is 0.270. The fraction of sp³-hybridized carbons (Fsp3) is 1.00. The van der Waals surface area contributed by atoms with E-state index in [0.717, 1.165) is 6.54 Å². The van der Waals surface area contributed by atoms with Gasteiger partial charge in [0, 0.05) is 24.6 Å². The van der Waals surface area contributed by atoms with E-state index in [4.69, 9.17) is 0 Å². The van der Waals surface area contributed by atoms with Crippen molar-refractivity contribution >= 4 is 11.8 Å². The largest absolute Gasteiger partial charge is 0.396 e. The second kappa shape index (κ2) is 7.57. The number of thioether (sulfide) groups is 1. The SMILES string of the molecule is CSCCC(C)NCC1(CO)CCCCC1. The van der Waals surface area contributed by atoms with Crippen LogP contribution in [0.15, 0.2) is 0 Å². The van der Waals surface area contributed by atoms with Gasteiger partial charge in [-0.2, -0.15) is 11.8 Å². The van der Waals surface area contributed by atoms with Crippen molar-refractivity contribution < 1.29 is 5.11 Å². The van der Waals surface area contributed by atoms with Gasteiger partial charge in [0.25, 0.3) is 0 Å². The van der Waals surface area contributed by atoms with E-state index in [2.05, 4.69) is 18.5 Å². The van der Waals surface area contributed by atoms with Gasteiger partial charge in [0.2, 0.25) is 0 Å². The fourth-order valence-corrected chi connectivity index (χ4v) is 3.07. The van der Waals surface area contributed by atoms with Crippen LogP contribution in [-0.2, 0) is 0 Å². The minimum absolute atomic E-state index is 0.186. The van der Waals surface area contributed by atoms with Crippen LogP contribution >= 0.6 is 11.8 Å². The summed E-state index contributed by atoms with van der Waals surface area (Å²) in [6, 6.07) is 0.581. The van der Waals surface area contributed by atoms with Crippen molar-refractivity contribution in [2.75, 3.05) is 25.2 Å². The molecule has 2 nitrogen and oxygen atoms in total. The van der Waals surface area contributed by atoms with Crippen LogP contribution < -0.4 is 5.32 Å². The summed E-state index contributed by atoms with van der Waals surface area (Å²) in [6.45, 7) is 3.61. The molecule has 1 fully saturated rings. The first-order valence-electron chi connectivity index (χ1n) is 6.56. The molecule has 0 amide bonds. The van der Waals surface area contributed by atoms with E-state index in [0.29, 0.717) is 12.6 Å². The summed E-state index contributed by atoms with van der Waals surface area (Å²) in [5.74, 6) is 1.22. The molecule has 0 saturated heterocycles. The Morgan fingerprint density at radius 1 is 1.31 bits per heavy atom. The van der Waals surface area contributed by atoms with Gasteiger partial charge < -0.3 is 10.4 Å². The molecule has 1 rings (SSSR count). The summed E-state index contributed by atoms with van der Waals surface area (Å²) in [6.07, 6.45) is 9.72. The predicted octanol–water partition coefficient (Wildman–Crippen LogP) is 2.66. The summed E-state index contributed by atoms with van der Waals surface area (Å²) in [4.78, 5) is 0. The highest BCUT2D eigenvalue weighted by molar-refractivity contribution is 7.98. The Kier molecular flexibility index (Phi) is 6.78. The minimum Gasteiger partial charge on any atom is -0.396 e.